The van der Waals surface area contributed by atoms with Gasteiger partial charge in [0.15, 0.2) is 0 Å². The van der Waals surface area contributed by atoms with Crippen LogP contribution in [0.2, 0.25) is 0 Å². The molecule has 14 heavy (non-hydrogen) atoms. The third kappa shape index (κ3) is 2.83. The second-order valence-corrected chi connectivity index (χ2v) is 4.33. The first kappa shape index (κ1) is 10.7. The van der Waals surface area contributed by atoms with Crippen molar-refractivity contribution >= 4 is 11.4 Å². The summed E-state index contributed by atoms with van der Waals surface area (Å²) in [5.41, 5.74) is 7.35. The molecular formula is C11H18N2O. The number of nitrogens with two attached hydrogens (primary N) is 1. The minimum absolute atomic E-state index is 0.0173. The molecule has 1 rings (SSSR count). The fourth-order valence-corrected chi connectivity index (χ4v) is 1.22. The molecule has 3 heteroatoms. The van der Waals surface area contributed by atoms with Crippen LogP contribution >= 0.6 is 0 Å². The van der Waals surface area contributed by atoms with Gasteiger partial charge in [0.25, 0.3) is 0 Å². The summed E-state index contributed by atoms with van der Waals surface area (Å²) in [7, 11) is 1.64. The predicted molar refractivity (Wildman–Crippen MR) is 60.8 cm³/mol. The largest absolute Gasteiger partial charge is 0.495 e. The Kier molecular flexibility index (Phi) is 2.89. The van der Waals surface area contributed by atoms with E-state index < -0.39 is 0 Å². The van der Waals surface area contributed by atoms with Crippen molar-refractivity contribution in [1.29, 1.82) is 0 Å². The van der Waals surface area contributed by atoms with Crippen molar-refractivity contribution in [2.45, 2.75) is 26.3 Å². The molecular weight excluding hydrogens is 176 g/mol. The van der Waals surface area contributed by atoms with E-state index >= 15 is 0 Å². The normalized spacial score (nSPS) is 11.1. The molecule has 0 atom stereocenters. The number of hydrogen-bond donors (Lipinski definition) is 2. The Hall–Kier alpha value is -1.38. The predicted octanol–water partition coefficient (Wildman–Crippen LogP) is 2.49. The minimum atomic E-state index is 0.0173. The highest BCUT2D eigenvalue weighted by molar-refractivity contribution is 5.63. The van der Waals surface area contributed by atoms with E-state index in [1.165, 1.54) is 0 Å². The summed E-state index contributed by atoms with van der Waals surface area (Å²) >= 11 is 0. The van der Waals surface area contributed by atoms with Gasteiger partial charge in [-0.25, -0.2) is 0 Å². The van der Waals surface area contributed by atoms with Crippen LogP contribution in [-0.2, 0) is 0 Å². The molecule has 3 N–H and O–H groups in total. The summed E-state index contributed by atoms with van der Waals surface area (Å²) in [6.45, 7) is 6.30. The van der Waals surface area contributed by atoms with Crippen LogP contribution < -0.4 is 15.8 Å². The SMILES string of the molecule is COc1cc(N)ccc1NC(C)(C)C. The molecule has 1 aromatic carbocycles. The smallest absolute Gasteiger partial charge is 0.144 e. The second kappa shape index (κ2) is 3.78. The average molecular weight is 194 g/mol. The molecule has 78 valence electrons. The lowest BCUT2D eigenvalue weighted by atomic mass is 10.1. The van der Waals surface area contributed by atoms with Crippen molar-refractivity contribution in [2.24, 2.45) is 0 Å². The number of ether oxygens (including phenoxy) is 1. The van der Waals surface area contributed by atoms with Gasteiger partial charge in [0.1, 0.15) is 5.75 Å². The van der Waals surface area contributed by atoms with Gasteiger partial charge in [0, 0.05) is 17.3 Å². The summed E-state index contributed by atoms with van der Waals surface area (Å²) in [4.78, 5) is 0. The van der Waals surface area contributed by atoms with Gasteiger partial charge in [-0.3, -0.25) is 0 Å². The van der Waals surface area contributed by atoms with Gasteiger partial charge in [0.2, 0.25) is 0 Å². The molecule has 0 aliphatic rings. The first-order chi connectivity index (χ1) is 6.42. The summed E-state index contributed by atoms with van der Waals surface area (Å²) in [6, 6.07) is 5.60. The van der Waals surface area contributed by atoms with E-state index in [0.29, 0.717) is 5.69 Å². The van der Waals surface area contributed by atoms with E-state index in [1.807, 2.05) is 18.2 Å². The van der Waals surface area contributed by atoms with Crippen molar-refractivity contribution in [2.75, 3.05) is 18.2 Å². The minimum Gasteiger partial charge on any atom is -0.495 e. The van der Waals surface area contributed by atoms with Crippen LogP contribution in [0.5, 0.6) is 5.75 Å². The van der Waals surface area contributed by atoms with E-state index in [9.17, 15) is 0 Å². The number of nitrogen functional groups attached to an aromatic ring is 1. The average Bonchev–Trinajstić information content (AvgIpc) is 2.06. The number of hydrogen-bond acceptors (Lipinski definition) is 3. The van der Waals surface area contributed by atoms with Crippen molar-refractivity contribution in [1.82, 2.24) is 0 Å². The lowest BCUT2D eigenvalue weighted by Crippen LogP contribution is -2.26. The Bertz CT molecular complexity index is 316. The van der Waals surface area contributed by atoms with E-state index in [1.54, 1.807) is 7.11 Å². The Labute approximate surface area is 85.3 Å². The van der Waals surface area contributed by atoms with Crippen LogP contribution in [0.1, 0.15) is 20.8 Å². The Morgan fingerprint density at radius 3 is 2.43 bits per heavy atom. The van der Waals surface area contributed by atoms with E-state index in [0.717, 1.165) is 11.4 Å². The maximum atomic E-state index is 5.66. The highest BCUT2D eigenvalue weighted by Crippen LogP contribution is 2.28. The highest BCUT2D eigenvalue weighted by Gasteiger charge is 2.12. The van der Waals surface area contributed by atoms with E-state index in [-0.39, 0.29) is 5.54 Å². The summed E-state index contributed by atoms with van der Waals surface area (Å²) in [6.07, 6.45) is 0. The lowest BCUT2D eigenvalue weighted by molar-refractivity contribution is 0.415. The first-order valence-electron chi connectivity index (χ1n) is 4.64. The topological polar surface area (TPSA) is 47.3 Å². The van der Waals surface area contributed by atoms with Crippen LogP contribution in [0.25, 0.3) is 0 Å². The molecule has 0 aliphatic heterocycles. The van der Waals surface area contributed by atoms with Gasteiger partial charge >= 0.3 is 0 Å². The van der Waals surface area contributed by atoms with Gasteiger partial charge in [-0.15, -0.1) is 0 Å². The lowest BCUT2D eigenvalue weighted by Gasteiger charge is -2.23. The van der Waals surface area contributed by atoms with Crippen LogP contribution in [0.3, 0.4) is 0 Å². The molecule has 0 radical (unpaired) electrons. The van der Waals surface area contributed by atoms with Gasteiger partial charge < -0.3 is 15.8 Å². The fourth-order valence-electron chi connectivity index (χ4n) is 1.22. The Morgan fingerprint density at radius 2 is 1.93 bits per heavy atom. The zero-order valence-electron chi connectivity index (χ0n) is 9.22. The van der Waals surface area contributed by atoms with Crippen LogP contribution in [0, 0.1) is 0 Å². The summed E-state index contributed by atoms with van der Waals surface area (Å²) < 4.78 is 5.23. The number of methoxy groups -OCH3 is 1. The zero-order valence-corrected chi connectivity index (χ0v) is 9.22. The first-order valence-corrected chi connectivity index (χ1v) is 4.64. The molecule has 3 nitrogen and oxygen atoms in total. The van der Waals surface area contributed by atoms with E-state index in [2.05, 4.69) is 26.1 Å². The number of rotatable bonds is 2. The second-order valence-electron chi connectivity index (χ2n) is 4.33. The maximum Gasteiger partial charge on any atom is 0.144 e. The Morgan fingerprint density at radius 1 is 1.29 bits per heavy atom. The van der Waals surface area contributed by atoms with Gasteiger partial charge in [-0.1, -0.05) is 0 Å². The van der Waals surface area contributed by atoms with Crippen molar-refractivity contribution in [3.8, 4) is 5.75 Å². The molecule has 0 amide bonds. The fraction of sp³-hybridized carbons (Fsp3) is 0.455. The maximum absolute atomic E-state index is 5.66. The standard InChI is InChI=1S/C11H18N2O/c1-11(2,3)13-9-6-5-8(12)7-10(9)14-4/h5-7,13H,12H2,1-4H3. The van der Waals surface area contributed by atoms with Crippen molar-refractivity contribution in [3.05, 3.63) is 18.2 Å². The summed E-state index contributed by atoms with van der Waals surface area (Å²) in [5, 5.41) is 3.35. The number of benzene rings is 1. The molecule has 1 aromatic rings. The van der Waals surface area contributed by atoms with Crippen molar-refractivity contribution in [3.63, 3.8) is 0 Å². The number of anilines is 2. The molecule has 0 unspecified atom stereocenters. The molecule has 0 heterocycles. The van der Waals surface area contributed by atoms with Crippen molar-refractivity contribution < 1.29 is 4.74 Å². The van der Waals surface area contributed by atoms with Crippen LogP contribution in [0.4, 0.5) is 11.4 Å². The number of nitrogens with one attached hydrogen (secondary N) is 1. The van der Waals surface area contributed by atoms with Crippen LogP contribution in [0.15, 0.2) is 18.2 Å². The third-order valence-electron chi connectivity index (χ3n) is 1.74. The molecule has 0 saturated carbocycles. The van der Waals surface area contributed by atoms with Gasteiger partial charge in [-0.05, 0) is 32.9 Å². The highest BCUT2D eigenvalue weighted by atomic mass is 16.5. The van der Waals surface area contributed by atoms with Gasteiger partial charge in [0.05, 0.1) is 12.8 Å². The summed E-state index contributed by atoms with van der Waals surface area (Å²) in [5.74, 6) is 0.778. The molecule has 0 aromatic heterocycles. The molecule has 0 bridgehead atoms. The van der Waals surface area contributed by atoms with E-state index in [4.69, 9.17) is 10.5 Å². The molecule has 0 aliphatic carbocycles. The Balaban J connectivity index is 2.97. The quantitative estimate of drug-likeness (QED) is 0.711. The third-order valence-corrected chi connectivity index (χ3v) is 1.74. The molecule has 0 spiro atoms. The zero-order chi connectivity index (χ0) is 10.8. The molecule has 0 saturated heterocycles. The molecule has 0 fully saturated rings. The monoisotopic (exact) mass is 194 g/mol. The van der Waals surface area contributed by atoms with Gasteiger partial charge in [-0.2, -0.15) is 0 Å². The van der Waals surface area contributed by atoms with Crippen LogP contribution in [-0.4, -0.2) is 12.6 Å².